The van der Waals surface area contributed by atoms with Crippen LogP contribution in [0.3, 0.4) is 0 Å². The van der Waals surface area contributed by atoms with Gasteiger partial charge in [0.25, 0.3) is 5.95 Å². The summed E-state index contributed by atoms with van der Waals surface area (Å²) in [7, 11) is 0. The summed E-state index contributed by atoms with van der Waals surface area (Å²) < 4.78 is 11.2. The molecule has 2 aliphatic carbocycles. The summed E-state index contributed by atoms with van der Waals surface area (Å²) in [6, 6.07) is 2.97. The van der Waals surface area contributed by atoms with Crippen LogP contribution in [-0.2, 0) is 6.42 Å². The number of H-pyrrole nitrogens is 1. The number of allylic oxidation sites excluding steroid dienone is 1. The van der Waals surface area contributed by atoms with Gasteiger partial charge in [-0.25, -0.2) is 4.79 Å². The molecule has 0 saturated heterocycles. The largest absolute Gasteiger partial charge is 0.475 e. The molecular formula is C24H29NO4. The molecule has 0 amide bonds. The number of carboxylic acids is 1. The highest BCUT2D eigenvalue weighted by Gasteiger charge is 2.24. The average molecular weight is 395 g/mol. The number of aromatic nitrogens is 1. The monoisotopic (exact) mass is 395 g/mol. The van der Waals surface area contributed by atoms with Crippen molar-refractivity contribution in [2.45, 2.75) is 70.6 Å². The number of unbranched alkanes of at least 4 members (excludes halogenated alkanes) is 4. The Morgan fingerprint density at radius 1 is 1.28 bits per heavy atom. The molecule has 2 heterocycles. The van der Waals surface area contributed by atoms with Crippen LogP contribution in [-0.4, -0.2) is 16.1 Å². The van der Waals surface area contributed by atoms with E-state index in [2.05, 4.69) is 24.1 Å². The lowest BCUT2D eigenvalue weighted by atomic mass is 9.86. The highest BCUT2D eigenvalue weighted by atomic mass is 16.6. The van der Waals surface area contributed by atoms with Crippen molar-refractivity contribution in [3.63, 3.8) is 0 Å². The number of rotatable bonds is 9. The number of fused-ring (bicyclic) bond motifs is 3. The van der Waals surface area contributed by atoms with Gasteiger partial charge in [0.2, 0.25) is 5.76 Å². The molecule has 2 aromatic heterocycles. The van der Waals surface area contributed by atoms with Crippen molar-refractivity contribution < 1.29 is 19.1 Å². The number of carbonyl (C=O) groups is 1. The fourth-order valence-electron chi connectivity index (χ4n) is 4.42. The predicted octanol–water partition coefficient (Wildman–Crippen LogP) is 4.62. The van der Waals surface area contributed by atoms with E-state index in [4.69, 9.17) is 14.3 Å². The Kier molecular flexibility index (Phi) is 5.93. The Bertz CT molecular complexity index is 1020. The predicted molar refractivity (Wildman–Crippen MR) is 112 cm³/mol. The summed E-state index contributed by atoms with van der Waals surface area (Å²) in [5, 5.41) is 11.3. The number of carboxylic acid groups (broad SMARTS) is 1. The van der Waals surface area contributed by atoms with Crippen LogP contribution < -0.4 is 15.4 Å². The van der Waals surface area contributed by atoms with Crippen molar-refractivity contribution in [1.82, 2.24) is 4.98 Å². The minimum Gasteiger partial charge on any atom is -0.475 e. The normalized spacial score (nSPS) is 17.6. The summed E-state index contributed by atoms with van der Waals surface area (Å²) >= 11 is 0. The van der Waals surface area contributed by atoms with Gasteiger partial charge in [-0.3, -0.25) is 0 Å². The molecule has 2 N–H and O–H groups in total. The molecule has 154 valence electrons. The molecule has 0 saturated carbocycles. The Morgan fingerprint density at radius 3 is 2.93 bits per heavy atom. The summed E-state index contributed by atoms with van der Waals surface area (Å²) in [5.41, 5.74) is 2.77. The van der Waals surface area contributed by atoms with E-state index in [1.807, 2.05) is 6.08 Å². The third-order valence-corrected chi connectivity index (χ3v) is 5.88. The number of nitrogens with one attached hydrogen (secondary N) is 1. The Balaban J connectivity index is 1.63. The molecule has 5 heteroatoms. The van der Waals surface area contributed by atoms with E-state index in [9.17, 15) is 4.79 Å². The molecule has 5 nitrogen and oxygen atoms in total. The van der Waals surface area contributed by atoms with Gasteiger partial charge in [0.15, 0.2) is 5.76 Å². The van der Waals surface area contributed by atoms with Crippen molar-refractivity contribution in [1.29, 1.82) is 0 Å². The van der Waals surface area contributed by atoms with E-state index in [0.29, 0.717) is 11.7 Å². The summed E-state index contributed by atoms with van der Waals surface area (Å²) in [5.74, 6) is 0.0676. The third-order valence-electron chi connectivity index (χ3n) is 5.88. The molecule has 0 radical (unpaired) electrons. The minimum absolute atomic E-state index is 0.121. The van der Waals surface area contributed by atoms with Crippen molar-refractivity contribution >= 4 is 17.8 Å². The molecule has 29 heavy (non-hydrogen) atoms. The summed E-state index contributed by atoms with van der Waals surface area (Å²) in [6.07, 6.45) is 17.4. The molecule has 0 bridgehead atoms. The van der Waals surface area contributed by atoms with Crippen molar-refractivity contribution in [3.05, 3.63) is 51.9 Å². The number of aromatic carboxylic acids is 1. The number of furan rings is 1. The van der Waals surface area contributed by atoms with E-state index in [1.165, 1.54) is 61.1 Å². The van der Waals surface area contributed by atoms with Gasteiger partial charge in [0.05, 0.1) is 5.35 Å². The fourth-order valence-corrected chi connectivity index (χ4v) is 4.42. The van der Waals surface area contributed by atoms with E-state index in [1.54, 1.807) is 6.07 Å². The van der Waals surface area contributed by atoms with Gasteiger partial charge in [0, 0.05) is 17.3 Å². The number of aromatic amines is 1. The van der Waals surface area contributed by atoms with Gasteiger partial charge < -0.3 is 19.2 Å². The second-order valence-electron chi connectivity index (χ2n) is 7.96. The highest BCUT2D eigenvalue weighted by molar-refractivity contribution is 5.84. The molecule has 0 fully saturated rings. The standard InChI is InChI=1S/C24H29NO4/c1-2-3-4-5-6-9-16-12-13-19(28-21-15-14-20(29-21)24(26)27)23-22(16)17-10-7-8-11-18(17)25-23/h11-16,25H,2-10H2,1H3,(H,26,27). The van der Waals surface area contributed by atoms with Gasteiger partial charge in [-0.2, -0.15) is 0 Å². The molecular weight excluding hydrogens is 366 g/mol. The number of hydrogen-bond donors (Lipinski definition) is 2. The lowest BCUT2D eigenvalue weighted by Gasteiger charge is -2.19. The van der Waals surface area contributed by atoms with E-state index < -0.39 is 5.97 Å². The maximum absolute atomic E-state index is 11.1. The second kappa shape index (κ2) is 8.76. The molecule has 0 aliphatic heterocycles. The fraction of sp³-hybridized carbons (Fsp3) is 0.458. The first-order valence-corrected chi connectivity index (χ1v) is 10.8. The molecule has 0 spiro atoms. The first kappa shape index (κ1) is 19.6. The van der Waals surface area contributed by atoms with Gasteiger partial charge in [-0.15, -0.1) is 0 Å². The van der Waals surface area contributed by atoms with E-state index in [-0.39, 0.29) is 11.7 Å². The maximum Gasteiger partial charge on any atom is 0.371 e. The van der Waals surface area contributed by atoms with Gasteiger partial charge in [-0.05, 0) is 49.0 Å². The topological polar surface area (TPSA) is 75.5 Å². The van der Waals surface area contributed by atoms with Crippen molar-refractivity contribution in [2.75, 3.05) is 0 Å². The van der Waals surface area contributed by atoms with Gasteiger partial charge in [-0.1, -0.05) is 51.2 Å². The van der Waals surface area contributed by atoms with Crippen LogP contribution in [0.4, 0.5) is 0 Å². The SMILES string of the molecule is CCCCCCCC1C=CC(Oc2ccc(C(=O)O)o2)=c2[nH]c3c(c21)CCCC=3. The van der Waals surface area contributed by atoms with Crippen LogP contribution >= 0.6 is 0 Å². The zero-order valence-corrected chi connectivity index (χ0v) is 17.0. The van der Waals surface area contributed by atoms with Crippen LogP contribution in [0.5, 0.6) is 5.95 Å². The lowest BCUT2D eigenvalue weighted by molar-refractivity contribution is 0.0657. The van der Waals surface area contributed by atoms with Gasteiger partial charge >= 0.3 is 5.97 Å². The Labute approximate surface area is 170 Å². The van der Waals surface area contributed by atoms with E-state index >= 15 is 0 Å². The zero-order chi connectivity index (χ0) is 20.2. The summed E-state index contributed by atoms with van der Waals surface area (Å²) in [6.45, 7) is 2.24. The minimum atomic E-state index is -1.10. The number of hydrogen-bond acceptors (Lipinski definition) is 3. The third kappa shape index (κ3) is 4.19. The zero-order valence-electron chi connectivity index (χ0n) is 17.0. The summed E-state index contributed by atoms with van der Waals surface area (Å²) in [4.78, 5) is 14.6. The van der Waals surface area contributed by atoms with Crippen LogP contribution in [0.25, 0.3) is 11.8 Å². The van der Waals surface area contributed by atoms with Crippen LogP contribution in [0.2, 0.25) is 0 Å². The first-order chi connectivity index (χ1) is 14.2. The molecule has 1 unspecified atom stereocenters. The first-order valence-electron chi connectivity index (χ1n) is 10.8. The molecule has 4 rings (SSSR count). The van der Waals surface area contributed by atoms with E-state index in [0.717, 1.165) is 24.6 Å². The molecule has 1 atom stereocenters. The molecule has 2 aliphatic rings. The van der Waals surface area contributed by atoms with Crippen molar-refractivity contribution in [3.8, 4) is 5.95 Å². The smallest absolute Gasteiger partial charge is 0.371 e. The number of ether oxygens (including phenoxy) is 1. The van der Waals surface area contributed by atoms with Crippen LogP contribution in [0, 0.1) is 0 Å². The second-order valence-corrected chi connectivity index (χ2v) is 7.96. The van der Waals surface area contributed by atoms with Crippen molar-refractivity contribution in [2.24, 2.45) is 0 Å². The Morgan fingerprint density at radius 2 is 2.14 bits per heavy atom. The van der Waals surface area contributed by atoms with Gasteiger partial charge in [0.1, 0.15) is 0 Å². The molecule has 0 aromatic carbocycles. The van der Waals surface area contributed by atoms with Crippen LogP contribution in [0.15, 0.2) is 28.7 Å². The lowest BCUT2D eigenvalue weighted by Crippen LogP contribution is -2.22. The highest BCUT2D eigenvalue weighted by Crippen LogP contribution is 2.30. The molecule has 2 aromatic rings. The quantitative estimate of drug-likeness (QED) is 0.607. The average Bonchev–Trinajstić information content (AvgIpc) is 3.34. The maximum atomic E-state index is 11.1. The van der Waals surface area contributed by atoms with Crippen LogP contribution in [0.1, 0.15) is 85.9 Å². The Hall–Kier alpha value is -2.69.